The normalized spacial score (nSPS) is 19.3. The number of benzene rings is 2. The lowest BCUT2D eigenvalue weighted by atomic mass is 9.75. The molecule has 2 nitrogen and oxygen atoms in total. The first-order valence-corrected chi connectivity index (χ1v) is 10.2. The number of aryl methyl sites for hydroxylation is 1. The number of hydrogen-bond acceptors (Lipinski definition) is 2. The first-order valence-electron chi connectivity index (χ1n) is 10.2. The first kappa shape index (κ1) is 17.2. The number of allylic oxidation sites excluding steroid dienone is 1. The minimum absolute atomic E-state index is 0.128. The molecule has 0 bridgehead atoms. The highest BCUT2D eigenvalue weighted by Gasteiger charge is 2.38. The Morgan fingerprint density at radius 2 is 1.73 bits per heavy atom. The molecule has 1 N–H and O–H groups in total. The van der Waals surface area contributed by atoms with E-state index in [-0.39, 0.29) is 11.6 Å². The third-order valence-corrected chi connectivity index (χ3v) is 6.32. The van der Waals surface area contributed by atoms with Crippen molar-refractivity contribution in [1.82, 2.24) is 0 Å². The number of para-hydroxylation sites is 2. The highest BCUT2D eigenvalue weighted by molar-refractivity contribution is 5.87. The summed E-state index contributed by atoms with van der Waals surface area (Å²) in [6.45, 7) is 6.88. The molecule has 2 aromatic carbocycles. The van der Waals surface area contributed by atoms with Crippen molar-refractivity contribution in [2.45, 2.75) is 64.5 Å². The fraction of sp³-hybridized carbons (Fsp3) is 0.417. The van der Waals surface area contributed by atoms with Crippen LogP contribution < -0.4 is 10.2 Å². The monoisotopic (exact) mass is 346 g/mol. The van der Waals surface area contributed by atoms with Gasteiger partial charge in [0.15, 0.2) is 0 Å². The molecule has 0 saturated carbocycles. The number of fused-ring (bicyclic) bond motifs is 5. The Bertz CT molecular complexity index is 817. The van der Waals surface area contributed by atoms with Crippen LogP contribution in [0.1, 0.15) is 57.6 Å². The lowest BCUT2D eigenvalue weighted by Crippen LogP contribution is -2.29. The quantitative estimate of drug-likeness (QED) is 0.618. The van der Waals surface area contributed by atoms with Gasteiger partial charge in [-0.3, -0.25) is 0 Å². The molecular formula is C24H30N2. The number of hydrogen-bond donors (Lipinski definition) is 1. The van der Waals surface area contributed by atoms with Crippen molar-refractivity contribution in [2.75, 3.05) is 10.2 Å². The zero-order valence-corrected chi connectivity index (χ0v) is 16.3. The molecule has 2 aliphatic rings. The van der Waals surface area contributed by atoms with Crippen LogP contribution in [0.2, 0.25) is 0 Å². The average Bonchev–Trinajstić information content (AvgIpc) is 3.00. The summed E-state index contributed by atoms with van der Waals surface area (Å²) in [5.41, 5.74) is 7.03. The summed E-state index contributed by atoms with van der Waals surface area (Å²) in [4.78, 5) is 2.50. The molecule has 0 fully saturated rings. The number of anilines is 3. The number of rotatable bonds is 5. The summed E-state index contributed by atoms with van der Waals surface area (Å²) in [5, 5.41) is 3.82. The largest absolute Gasteiger partial charge is 0.360 e. The van der Waals surface area contributed by atoms with Crippen LogP contribution in [0.4, 0.5) is 17.1 Å². The van der Waals surface area contributed by atoms with Crippen molar-refractivity contribution in [3.8, 4) is 0 Å². The molecule has 136 valence electrons. The third kappa shape index (κ3) is 2.55. The van der Waals surface area contributed by atoms with Crippen molar-refractivity contribution in [3.05, 3.63) is 65.7 Å². The smallest absolute Gasteiger partial charge is 0.123 e. The molecule has 2 aromatic rings. The molecule has 2 heterocycles. The van der Waals surface area contributed by atoms with Crippen LogP contribution in [-0.4, -0.2) is 6.17 Å². The zero-order chi connectivity index (χ0) is 18.1. The van der Waals surface area contributed by atoms with Gasteiger partial charge in [0.1, 0.15) is 6.17 Å². The van der Waals surface area contributed by atoms with Gasteiger partial charge in [-0.2, -0.15) is 0 Å². The number of nitrogens with zero attached hydrogens (tertiary/aromatic N) is 1. The average molecular weight is 347 g/mol. The van der Waals surface area contributed by atoms with Gasteiger partial charge in [0.05, 0.1) is 11.4 Å². The van der Waals surface area contributed by atoms with Gasteiger partial charge in [-0.25, -0.2) is 0 Å². The molecule has 0 radical (unpaired) electrons. The molecule has 0 spiro atoms. The topological polar surface area (TPSA) is 15.3 Å². The highest BCUT2D eigenvalue weighted by atomic mass is 15.3. The second-order valence-corrected chi connectivity index (χ2v) is 7.61. The molecule has 2 heteroatoms. The molecule has 4 rings (SSSR count). The number of nitrogens with one attached hydrogen (secondary N) is 1. The summed E-state index contributed by atoms with van der Waals surface area (Å²) in [6.07, 6.45) is 10.9. The van der Waals surface area contributed by atoms with Crippen LogP contribution in [0.3, 0.4) is 0 Å². The van der Waals surface area contributed by atoms with E-state index in [1.165, 1.54) is 41.0 Å². The standard InChI is InChI=1S/C24H30N2/c1-4-7-11-18-12-10-15-21-23(18)25-22-16-17-24(5-2,6-3)19-13-8-9-14-20(19)26(21)22/h8-10,12-17,22,25H,4-7,11H2,1-3H3. The van der Waals surface area contributed by atoms with Crippen LogP contribution in [0.15, 0.2) is 54.6 Å². The van der Waals surface area contributed by atoms with E-state index in [0.717, 1.165) is 19.3 Å². The van der Waals surface area contributed by atoms with Crippen LogP contribution in [0, 0.1) is 0 Å². The van der Waals surface area contributed by atoms with Crippen LogP contribution in [0.5, 0.6) is 0 Å². The second-order valence-electron chi connectivity index (χ2n) is 7.61. The lowest BCUT2D eigenvalue weighted by molar-refractivity contribution is 0.499. The number of unbranched alkanes of at least 4 members (excludes halogenated alkanes) is 1. The van der Waals surface area contributed by atoms with Gasteiger partial charge in [-0.1, -0.05) is 63.6 Å². The Labute approximate surface area is 157 Å². The van der Waals surface area contributed by atoms with E-state index in [2.05, 4.69) is 85.6 Å². The van der Waals surface area contributed by atoms with Crippen LogP contribution in [-0.2, 0) is 11.8 Å². The maximum atomic E-state index is 3.82. The van der Waals surface area contributed by atoms with E-state index >= 15 is 0 Å². The minimum Gasteiger partial charge on any atom is -0.360 e. The van der Waals surface area contributed by atoms with Gasteiger partial charge < -0.3 is 10.2 Å². The Morgan fingerprint density at radius 1 is 0.962 bits per heavy atom. The van der Waals surface area contributed by atoms with Crippen molar-refractivity contribution >= 4 is 17.1 Å². The maximum absolute atomic E-state index is 3.82. The minimum atomic E-state index is 0.128. The maximum Gasteiger partial charge on any atom is 0.123 e. The summed E-state index contributed by atoms with van der Waals surface area (Å²) >= 11 is 0. The molecule has 0 aromatic heterocycles. The second kappa shape index (κ2) is 6.83. The zero-order valence-electron chi connectivity index (χ0n) is 16.3. The molecule has 0 amide bonds. The summed E-state index contributed by atoms with van der Waals surface area (Å²) < 4.78 is 0. The third-order valence-electron chi connectivity index (χ3n) is 6.32. The first-order chi connectivity index (χ1) is 12.7. The lowest BCUT2D eigenvalue weighted by Gasteiger charge is -2.32. The van der Waals surface area contributed by atoms with E-state index in [4.69, 9.17) is 0 Å². The van der Waals surface area contributed by atoms with Gasteiger partial charge in [-0.15, -0.1) is 0 Å². The van der Waals surface area contributed by atoms with E-state index in [1.807, 2.05) is 0 Å². The molecule has 0 saturated heterocycles. The van der Waals surface area contributed by atoms with E-state index < -0.39 is 0 Å². The fourth-order valence-electron chi connectivity index (χ4n) is 4.64. The van der Waals surface area contributed by atoms with Crippen molar-refractivity contribution in [2.24, 2.45) is 0 Å². The molecule has 1 unspecified atom stereocenters. The SMILES string of the molecule is CCCCc1cccc2c1NC1C=CC(CC)(CC)c3ccccc3N21. The van der Waals surface area contributed by atoms with Crippen molar-refractivity contribution in [3.63, 3.8) is 0 Å². The van der Waals surface area contributed by atoms with Crippen LogP contribution >= 0.6 is 0 Å². The fourth-order valence-corrected chi connectivity index (χ4v) is 4.64. The Morgan fingerprint density at radius 3 is 2.50 bits per heavy atom. The Hall–Kier alpha value is -2.22. The van der Waals surface area contributed by atoms with Gasteiger partial charge in [0.25, 0.3) is 0 Å². The molecular weight excluding hydrogens is 316 g/mol. The van der Waals surface area contributed by atoms with Gasteiger partial charge >= 0.3 is 0 Å². The predicted molar refractivity (Wildman–Crippen MR) is 112 cm³/mol. The summed E-state index contributed by atoms with van der Waals surface area (Å²) in [6, 6.07) is 15.8. The molecule has 0 aliphatic carbocycles. The molecule has 2 aliphatic heterocycles. The Balaban J connectivity index is 1.86. The Kier molecular flexibility index (Phi) is 4.52. The van der Waals surface area contributed by atoms with E-state index in [1.54, 1.807) is 0 Å². The summed E-state index contributed by atoms with van der Waals surface area (Å²) in [7, 11) is 0. The summed E-state index contributed by atoms with van der Waals surface area (Å²) in [5.74, 6) is 0. The van der Waals surface area contributed by atoms with Crippen LogP contribution in [0.25, 0.3) is 0 Å². The molecule has 26 heavy (non-hydrogen) atoms. The van der Waals surface area contributed by atoms with E-state index in [0.29, 0.717) is 0 Å². The van der Waals surface area contributed by atoms with Gasteiger partial charge in [0.2, 0.25) is 0 Å². The van der Waals surface area contributed by atoms with Gasteiger partial charge in [-0.05, 0) is 55.0 Å². The van der Waals surface area contributed by atoms with Gasteiger partial charge in [0, 0.05) is 11.1 Å². The van der Waals surface area contributed by atoms with Crippen molar-refractivity contribution < 1.29 is 0 Å². The predicted octanol–water partition coefficient (Wildman–Crippen LogP) is 6.55. The highest BCUT2D eigenvalue weighted by Crippen LogP contribution is 2.49. The van der Waals surface area contributed by atoms with E-state index in [9.17, 15) is 0 Å². The van der Waals surface area contributed by atoms with Crippen molar-refractivity contribution in [1.29, 1.82) is 0 Å². The molecule has 1 atom stereocenters.